The van der Waals surface area contributed by atoms with Gasteiger partial charge in [-0.25, -0.2) is 0 Å². The molecule has 3 saturated carbocycles. The van der Waals surface area contributed by atoms with Gasteiger partial charge in [-0.2, -0.15) is 0 Å². The van der Waals surface area contributed by atoms with Crippen LogP contribution in [-0.2, 0) is 9.53 Å². The number of fused-ring (bicyclic) bond motifs is 5. The highest BCUT2D eigenvalue weighted by atomic mass is 16.5. The summed E-state index contributed by atoms with van der Waals surface area (Å²) >= 11 is 0. The van der Waals surface area contributed by atoms with Crippen molar-refractivity contribution in [3.05, 3.63) is 12.2 Å². The van der Waals surface area contributed by atoms with Gasteiger partial charge in [-0.1, -0.05) is 26.0 Å². The monoisotopic (exact) mass is 332 g/mol. The molecule has 0 bridgehead atoms. The summed E-state index contributed by atoms with van der Waals surface area (Å²) < 4.78 is 5.72. The minimum atomic E-state index is -0.242. The molecule has 3 nitrogen and oxygen atoms in total. The first-order chi connectivity index (χ1) is 11.3. The molecule has 24 heavy (non-hydrogen) atoms. The quantitative estimate of drug-likeness (QED) is 0.581. The lowest BCUT2D eigenvalue weighted by molar-refractivity contribution is -0.158. The molecule has 0 aromatic heterocycles. The van der Waals surface area contributed by atoms with E-state index in [2.05, 4.69) is 19.9 Å². The van der Waals surface area contributed by atoms with Crippen LogP contribution in [0, 0.1) is 34.5 Å². The van der Waals surface area contributed by atoms with Crippen molar-refractivity contribution in [2.45, 2.75) is 77.9 Å². The molecule has 3 fully saturated rings. The molecule has 4 aliphatic rings. The van der Waals surface area contributed by atoms with E-state index in [1.165, 1.54) is 32.1 Å². The Hall–Kier alpha value is -0.830. The molecule has 134 valence electrons. The van der Waals surface area contributed by atoms with Gasteiger partial charge < -0.3 is 9.84 Å². The van der Waals surface area contributed by atoms with E-state index in [0.29, 0.717) is 11.8 Å². The molecular formula is C21H32O3. The van der Waals surface area contributed by atoms with Gasteiger partial charge in [-0.3, -0.25) is 4.79 Å². The van der Waals surface area contributed by atoms with E-state index >= 15 is 0 Å². The number of aliphatic hydroxyl groups excluding tert-OH is 1. The average molecular weight is 332 g/mol. The van der Waals surface area contributed by atoms with E-state index < -0.39 is 0 Å². The topological polar surface area (TPSA) is 46.5 Å². The maximum absolute atomic E-state index is 11.5. The number of ether oxygens (including phenoxy) is 1. The predicted octanol–water partition coefficient (Wildman–Crippen LogP) is 4.10. The van der Waals surface area contributed by atoms with Crippen LogP contribution in [0.15, 0.2) is 12.2 Å². The maximum Gasteiger partial charge on any atom is 0.302 e. The number of allylic oxidation sites excluding steroid dienone is 1. The number of hydrogen-bond donors (Lipinski definition) is 1. The SMILES string of the molecule is CC(=O)O[C@H]1CC[C@@H]2[C@@H]3CC[C@@H]4C[C@@H](O)C=C[C@]4(C)[C@@H]3CC[C@]12C. The van der Waals surface area contributed by atoms with Crippen LogP contribution >= 0.6 is 0 Å². The van der Waals surface area contributed by atoms with E-state index in [4.69, 9.17) is 4.74 Å². The fraction of sp³-hybridized carbons (Fsp3) is 0.857. The summed E-state index contributed by atoms with van der Waals surface area (Å²) in [5.74, 6) is 2.69. The van der Waals surface area contributed by atoms with Crippen LogP contribution < -0.4 is 0 Å². The van der Waals surface area contributed by atoms with Crippen LogP contribution in [0.1, 0.15) is 65.7 Å². The van der Waals surface area contributed by atoms with E-state index in [1.54, 1.807) is 6.92 Å². The van der Waals surface area contributed by atoms with Crippen LogP contribution in [0.4, 0.5) is 0 Å². The lowest BCUT2D eigenvalue weighted by Crippen LogP contribution is -2.53. The summed E-state index contributed by atoms with van der Waals surface area (Å²) in [6.45, 7) is 6.37. The Morgan fingerprint density at radius 3 is 2.67 bits per heavy atom. The van der Waals surface area contributed by atoms with Crippen molar-refractivity contribution in [2.75, 3.05) is 0 Å². The minimum Gasteiger partial charge on any atom is -0.462 e. The van der Waals surface area contributed by atoms with E-state index in [0.717, 1.165) is 24.7 Å². The average Bonchev–Trinajstić information content (AvgIpc) is 2.84. The van der Waals surface area contributed by atoms with Crippen molar-refractivity contribution in [1.82, 2.24) is 0 Å². The molecule has 0 saturated heterocycles. The molecule has 3 heteroatoms. The second-order valence-electron chi connectivity index (χ2n) is 9.40. The first-order valence-electron chi connectivity index (χ1n) is 9.89. The van der Waals surface area contributed by atoms with Gasteiger partial charge in [0.25, 0.3) is 0 Å². The molecule has 8 atom stereocenters. The molecular weight excluding hydrogens is 300 g/mol. The number of hydrogen-bond acceptors (Lipinski definition) is 3. The smallest absolute Gasteiger partial charge is 0.302 e. The van der Waals surface area contributed by atoms with Gasteiger partial charge in [0.15, 0.2) is 0 Å². The van der Waals surface area contributed by atoms with Gasteiger partial charge in [0.05, 0.1) is 6.10 Å². The van der Waals surface area contributed by atoms with Crippen LogP contribution in [0.25, 0.3) is 0 Å². The fourth-order valence-corrected chi connectivity index (χ4v) is 7.14. The maximum atomic E-state index is 11.5. The fourth-order valence-electron chi connectivity index (χ4n) is 7.14. The zero-order valence-electron chi connectivity index (χ0n) is 15.3. The third kappa shape index (κ3) is 2.30. The van der Waals surface area contributed by atoms with Crippen LogP contribution in [0.3, 0.4) is 0 Å². The second kappa shape index (κ2) is 5.59. The van der Waals surface area contributed by atoms with Gasteiger partial charge in [0.1, 0.15) is 6.10 Å². The van der Waals surface area contributed by atoms with Crippen molar-refractivity contribution in [3.63, 3.8) is 0 Å². The molecule has 0 amide bonds. The molecule has 0 radical (unpaired) electrons. The third-order valence-corrected chi connectivity index (χ3v) is 8.39. The molecule has 4 rings (SSSR count). The summed E-state index contributed by atoms with van der Waals surface area (Å²) in [6.07, 6.45) is 12.4. The second-order valence-corrected chi connectivity index (χ2v) is 9.40. The molecule has 0 aromatic rings. The van der Waals surface area contributed by atoms with Crippen molar-refractivity contribution in [1.29, 1.82) is 0 Å². The Balaban J connectivity index is 1.61. The van der Waals surface area contributed by atoms with Crippen LogP contribution in [0.5, 0.6) is 0 Å². The van der Waals surface area contributed by atoms with Crippen LogP contribution in [0.2, 0.25) is 0 Å². The highest BCUT2D eigenvalue weighted by Gasteiger charge is 2.60. The van der Waals surface area contributed by atoms with Crippen molar-refractivity contribution < 1.29 is 14.6 Å². The Morgan fingerprint density at radius 1 is 1.12 bits per heavy atom. The number of carbonyl (C=O) groups excluding carboxylic acids is 1. The Kier molecular flexibility index (Phi) is 3.87. The first kappa shape index (κ1) is 16.6. The lowest BCUT2D eigenvalue weighted by Gasteiger charge is -2.59. The summed E-state index contributed by atoms with van der Waals surface area (Å²) in [6, 6.07) is 0. The molecule has 0 aliphatic heterocycles. The minimum absolute atomic E-state index is 0.121. The number of carbonyl (C=O) groups is 1. The zero-order chi connectivity index (χ0) is 17.1. The van der Waals surface area contributed by atoms with Crippen molar-refractivity contribution in [2.24, 2.45) is 34.5 Å². The van der Waals surface area contributed by atoms with E-state index in [1.807, 2.05) is 6.08 Å². The number of aliphatic hydroxyl groups is 1. The predicted molar refractivity (Wildman–Crippen MR) is 93.2 cm³/mol. The van der Waals surface area contributed by atoms with Crippen LogP contribution in [-0.4, -0.2) is 23.3 Å². The number of rotatable bonds is 1. The largest absolute Gasteiger partial charge is 0.462 e. The summed E-state index contributed by atoms with van der Waals surface area (Å²) in [7, 11) is 0. The molecule has 4 aliphatic carbocycles. The Bertz CT molecular complexity index is 555. The van der Waals surface area contributed by atoms with Crippen molar-refractivity contribution >= 4 is 5.97 Å². The molecule has 0 unspecified atom stereocenters. The van der Waals surface area contributed by atoms with Gasteiger partial charge in [0.2, 0.25) is 0 Å². The molecule has 0 spiro atoms. The standard InChI is InChI=1S/C21H32O3/c1-13(22)24-19-7-6-17-16-5-4-14-12-15(23)8-10-20(14,2)18(16)9-11-21(17,19)3/h8,10,14-19,23H,4-7,9,11-12H2,1-3H3/t14-,15+,16+,17-,18-,19+,20+,21+/m1/s1. The molecule has 0 heterocycles. The van der Waals surface area contributed by atoms with Crippen molar-refractivity contribution in [3.8, 4) is 0 Å². The van der Waals surface area contributed by atoms with E-state index in [9.17, 15) is 9.90 Å². The molecule has 0 aromatic carbocycles. The van der Waals surface area contributed by atoms with Gasteiger partial charge in [-0.15, -0.1) is 0 Å². The van der Waals surface area contributed by atoms with Gasteiger partial charge >= 0.3 is 5.97 Å². The normalized spacial score (nSPS) is 53.0. The summed E-state index contributed by atoms with van der Waals surface area (Å²) in [4.78, 5) is 11.5. The first-order valence-corrected chi connectivity index (χ1v) is 9.89. The Labute approximate surface area is 145 Å². The lowest BCUT2D eigenvalue weighted by atomic mass is 9.46. The zero-order valence-corrected chi connectivity index (χ0v) is 15.3. The van der Waals surface area contributed by atoms with Gasteiger partial charge in [-0.05, 0) is 74.0 Å². The highest BCUT2D eigenvalue weighted by molar-refractivity contribution is 5.66. The highest BCUT2D eigenvalue weighted by Crippen LogP contribution is 2.65. The summed E-state index contributed by atoms with van der Waals surface area (Å²) in [5, 5.41) is 10.0. The van der Waals surface area contributed by atoms with Gasteiger partial charge in [0, 0.05) is 12.3 Å². The molecule has 1 N–H and O–H groups in total. The Morgan fingerprint density at radius 2 is 1.92 bits per heavy atom. The third-order valence-electron chi connectivity index (χ3n) is 8.39. The number of esters is 1. The summed E-state index contributed by atoms with van der Waals surface area (Å²) in [5.41, 5.74) is 0.428. The van der Waals surface area contributed by atoms with E-state index in [-0.39, 0.29) is 29.0 Å².